The molecule has 4 aromatic rings. The number of fused-ring (bicyclic) bond motifs is 4. The van der Waals surface area contributed by atoms with Gasteiger partial charge in [-0.25, -0.2) is 9.59 Å². The van der Waals surface area contributed by atoms with Crippen LogP contribution in [0.2, 0.25) is 0 Å². The molecule has 0 saturated carbocycles. The molecule has 34 heavy (non-hydrogen) atoms. The van der Waals surface area contributed by atoms with Crippen LogP contribution in [0.3, 0.4) is 0 Å². The van der Waals surface area contributed by atoms with E-state index in [-0.39, 0.29) is 12.1 Å². The van der Waals surface area contributed by atoms with Gasteiger partial charge in [-0.05, 0) is 36.6 Å². The van der Waals surface area contributed by atoms with Gasteiger partial charge >= 0.3 is 17.9 Å². The molecule has 1 aliphatic carbocycles. The highest BCUT2D eigenvalue weighted by atomic mass is 16.6. The maximum absolute atomic E-state index is 13.2. The van der Waals surface area contributed by atoms with Crippen LogP contribution in [0.5, 0.6) is 0 Å². The number of benzene rings is 1. The molecular formula is C27H22N2O5. The van der Waals surface area contributed by atoms with Gasteiger partial charge in [0.25, 0.3) is 0 Å². The Kier molecular flexibility index (Phi) is 4.49. The number of hydrogen-bond acceptors (Lipinski definition) is 5. The molecule has 1 atom stereocenters. The summed E-state index contributed by atoms with van der Waals surface area (Å²) in [7, 11) is 1.92. The first-order valence-electron chi connectivity index (χ1n) is 11.3. The summed E-state index contributed by atoms with van der Waals surface area (Å²) in [5.41, 5.74) is 5.78. The molecule has 170 valence electrons. The van der Waals surface area contributed by atoms with Crippen molar-refractivity contribution in [2.45, 2.75) is 32.3 Å². The van der Waals surface area contributed by atoms with Gasteiger partial charge in [0, 0.05) is 60.5 Å². The number of rotatable bonds is 3. The molecule has 1 aromatic carbocycles. The molecule has 0 bridgehead atoms. The molecule has 7 nitrogen and oxygen atoms in total. The van der Waals surface area contributed by atoms with Crippen LogP contribution in [-0.2, 0) is 43.7 Å². The summed E-state index contributed by atoms with van der Waals surface area (Å²) in [5.74, 6) is -1.57. The Labute approximate surface area is 195 Å². The van der Waals surface area contributed by atoms with Crippen LogP contribution < -0.4 is 0 Å². The zero-order valence-electron chi connectivity index (χ0n) is 18.8. The smallest absolute Gasteiger partial charge is 0.347 e. The van der Waals surface area contributed by atoms with Crippen LogP contribution in [0.4, 0.5) is 0 Å². The molecule has 3 aromatic heterocycles. The number of aryl methyl sites for hydroxylation is 1. The van der Waals surface area contributed by atoms with Crippen molar-refractivity contribution in [3.05, 3.63) is 77.2 Å². The molecule has 0 amide bonds. The molecule has 4 heterocycles. The van der Waals surface area contributed by atoms with Crippen molar-refractivity contribution >= 4 is 45.5 Å². The molecule has 0 N–H and O–H groups in total. The summed E-state index contributed by atoms with van der Waals surface area (Å²) < 4.78 is 14.7. The van der Waals surface area contributed by atoms with Crippen LogP contribution in [0, 0.1) is 0 Å². The number of nitrogens with zero attached hydrogens (tertiary/aromatic N) is 2. The fourth-order valence-electron chi connectivity index (χ4n) is 5.46. The fraction of sp³-hybridized carbons (Fsp3) is 0.222. The highest BCUT2D eigenvalue weighted by Crippen LogP contribution is 2.43. The van der Waals surface area contributed by atoms with Gasteiger partial charge in [0.2, 0.25) is 0 Å². The lowest BCUT2D eigenvalue weighted by molar-refractivity contribution is -0.149. The maximum atomic E-state index is 13.2. The first-order chi connectivity index (χ1) is 16.4. The first kappa shape index (κ1) is 20.5. The van der Waals surface area contributed by atoms with Crippen LogP contribution in [0.15, 0.2) is 54.9 Å². The zero-order chi connectivity index (χ0) is 23.6. The number of cyclic esters (lactones) is 2. The van der Waals surface area contributed by atoms with E-state index in [9.17, 15) is 14.4 Å². The predicted octanol–water partition coefficient (Wildman–Crippen LogP) is 3.85. The lowest BCUT2D eigenvalue weighted by atomic mass is 9.87. The van der Waals surface area contributed by atoms with E-state index < -0.39 is 11.9 Å². The summed E-state index contributed by atoms with van der Waals surface area (Å²) in [6.45, 7) is 1.42. The topological polar surface area (TPSA) is 79.0 Å². The van der Waals surface area contributed by atoms with E-state index in [4.69, 9.17) is 9.47 Å². The third kappa shape index (κ3) is 2.93. The molecule has 6 rings (SSSR count). The largest absolute Gasteiger partial charge is 0.462 e. The van der Waals surface area contributed by atoms with Gasteiger partial charge in [0.1, 0.15) is 6.10 Å². The van der Waals surface area contributed by atoms with Crippen LogP contribution >= 0.6 is 0 Å². The van der Waals surface area contributed by atoms with Gasteiger partial charge in [-0.2, -0.15) is 0 Å². The van der Waals surface area contributed by atoms with E-state index in [2.05, 4.69) is 0 Å². The van der Waals surface area contributed by atoms with Gasteiger partial charge < -0.3 is 18.4 Å². The Morgan fingerprint density at radius 3 is 2.59 bits per heavy atom. The van der Waals surface area contributed by atoms with Crippen LogP contribution in [0.25, 0.3) is 27.6 Å². The Morgan fingerprint density at radius 2 is 1.76 bits per heavy atom. The van der Waals surface area contributed by atoms with Crippen molar-refractivity contribution in [1.82, 2.24) is 8.97 Å². The Bertz CT molecular complexity index is 1570. The molecule has 0 saturated heterocycles. The summed E-state index contributed by atoms with van der Waals surface area (Å²) in [5, 5.41) is 0.886. The minimum absolute atomic E-state index is 0.222. The molecule has 0 radical (unpaired) electrons. The average Bonchev–Trinajstić information content (AvgIpc) is 3.42. The first-order valence-corrected chi connectivity index (χ1v) is 11.3. The molecule has 0 spiro atoms. The lowest BCUT2D eigenvalue weighted by Crippen LogP contribution is -2.25. The Balaban J connectivity index is 1.63. The number of pyridine rings is 1. The van der Waals surface area contributed by atoms with Gasteiger partial charge in [-0.15, -0.1) is 0 Å². The van der Waals surface area contributed by atoms with Gasteiger partial charge in [0.05, 0.1) is 16.7 Å². The van der Waals surface area contributed by atoms with E-state index in [1.165, 1.54) is 6.92 Å². The number of carbonyl (C=O) groups is 3. The standard InChI is InChI=1S/C27H22N2O5/c1-15(30)33-16-10-11-18-22(13-16)29-12-6-5-9-21(29)23(18)25-24(26(31)34-27(25)32)19-14-28(2)20-8-4-3-7-17(19)20/h3-9,12,14,16H,10-11,13H2,1-2H3. The van der Waals surface area contributed by atoms with Crippen molar-refractivity contribution in [3.63, 3.8) is 0 Å². The zero-order valence-corrected chi connectivity index (χ0v) is 18.8. The summed E-state index contributed by atoms with van der Waals surface area (Å²) in [4.78, 5) is 37.8. The Hall–Kier alpha value is -4.13. The quantitative estimate of drug-likeness (QED) is 0.347. The third-order valence-electron chi connectivity index (χ3n) is 6.79. The minimum Gasteiger partial charge on any atom is -0.462 e. The number of aromatic nitrogens is 2. The normalized spacial score (nSPS) is 18.0. The number of carbonyl (C=O) groups excluding carboxylic acids is 3. The van der Waals surface area contributed by atoms with Gasteiger partial charge in [-0.1, -0.05) is 24.3 Å². The van der Waals surface area contributed by atoms with Crippen LogP contribution in [-0.4, -0.2) is 33.0 Å². The molecule has 7 heteroatoms. The predicted molar refractivity (Wildman–Crippen MR) is 126 cm³/mol. The summed E-state index contributed by atoms with van der Waals surface area (Å²) in [6.07, 6.45) is 5.41. The van der Waals surface area contributed by atoms with Gasteiger partial charge in [-0.3, -0.25) is 4.79 Å². The summed E-state index contributed by atoms with van der Waals surface area (Å²) >= 11 is 0. The van der Waals surface area contributed by atoms with Crippen molar-refractivity contribution in [2.24, 2.45) is 7.05 Å². The number of para-hydroxylation sites is 1. The second-order valence-electron chi connectivity index (χ2n) is 8.83. The van der Waals surface area contributed by atoms with E-state index in [1.807, 2.05) is 70.9 Å². The van der Waals surface area contributed by atoms with E-state index in [0.717, 1.165) is 33.2 Å². The van der Waals surface area contributed by atoms with Crippen molar-refractivity contribution < 1.29 is 23.9 Å². The number of hydrogen-bond donors (Lipinski definition) is 0. The number of esters is 3. The number of ether oxygens (including phenoxy) is 2. The van der Waals surface area contributed by atoms with Crippen LogP contribution in [0.1, 0.15) is 35.7 Å². The van der Waals surface area contributed by atoms with E-state index in [1.54, 1.807) is 0 Å². The fourth-order valence-corrected chi connectivity index (χ4v) is 5.46. The lowest BCUT2D eigenvalue weighted by Gasteiger charge is -2.23. The highest BCUT2D eigenvalue weighted by molar-refractivity contribution is 6.46. The van der Waals surface area contributed by atoms with E-state index in [0.29, 0.717) is 36.0 Å². The molecule has 2 aliphatic rings. The highest BCUT2D eigenvalue weighted by Gasteiger charge is 2.40. The van der Waals surface area contributed by atoms with E-state index >= 15 is 0 Å². The summed E-state index contributed by atoms with van der Waals surface area (Å²) in [6, 6.07) is 13.6. The monoisotopic (exact) mass is 454 g/mol. The molecular weight excluding hydrogens is 432 g/mol. The second kappa shape index (κ2) is 7.45. The minimum atomic E-state index is -0.631. The maximum Gasteiger partial charge on any atom is 0.347 e. The molecule has 1 aliphatic heterocycles. The molecule has 0 fully saturated rings. The van der Waals surface area contributed by atoms with Gasteiger partial charge in [0.15, 0.2) is 0 Å². The van der Waals surface area contributed by atoms with Crippen molar-refractivity contribution in [2.75, 3.05) is 0 Å². The second-order valence-corrected chi connectivity index (χ2v) is 8.83. The SMILES string of the molecule is CC(=O)OC1CCc2c(C3=C(c4cn(C)c5ccccc45)C(=O)OC3=O)c3ccccn3c2C1. The Morgan fingerprint density at radius 1 is 1.03 bits per heavy atom. The molecule has 1 unspecified atom stereocenters. The van der Waals surface area contributed by atoms with Crippen molar-refractivity contribution in [3.8, 4) is 0 Å². The third-order valence-corrected chi connectivity index (χ3v) is 6.79. The average molecular weight is 454 g/mol. The van der Waals surface area contributed by atoms with Crippen molar-refractivity contribution in [1.29, 1.82) is 0 Å².